The van der Waals surface area contributed by atoms with Crippen LogP contribution in [0.1, 0.15) is 25.0 Å². The number of sulfonamides is 1. The van der Waals surface area contributed by atoms with E-state index in [0.717, 1.165) is 0 Å². The van der Waals surface area contributed by atoms with E-state index in [1.54, 1.807) is 48.5 Å². The van der Waals surface area contributed by atoms with E-state index in [0.29, 0.717) is 27.6 Å². The lowest BCUT2D eigenvalue weighted by molar-refractivity contribution is -0.384. The first kappa shape index (κ1) is 31.5. The van der Waals surface area contributed by atoms with Crippen LogP contribution in [0.15, 0.2) is 89.8 Å². The van der Waals surface area contributed by atoms with Gasteiger partial charge in [-0.1, -0.05) is 42.5 Å². The SMILES string of the molecule is CC(=O)Oc1ccc(/C=C/C(=O)Nc2cccc3c(S(=O)(=O)NCCc4cccc([N+](=O)[O-])c4)cccc23)cc1OC(C)=O. The van der Waals surface area contributed by atoms with Crippen LogP contribution in [0.5, 0.6) is 11.5 Å². The fourth-order valence-electron chi connectivity index (χ4n) is 4.31. The van der Waals surface area contributed by atoms with Crippen molar-refractivity contribution in [2.24, 2.45) is 0 Å². The number of carbonyl (C=O) groups excluding carboxylic acids is 3. The van der Waals surface area contributed by atoms with Crippen LogP contribution in [0.3, 0.4) is 0 Å². The molecule has 4 aromatic rings. The molecule has 0 radical (unpaired) electrons. The van der Waals surface area contributed by atoms with Gasteiger partial charge < -0.3 is 14.8 Å². The molecule has 0 bridgehead atoms. The number of ether oxygens (including phenoxy) is 2. The molecule has 226 valence electrons. The summed E-state index contributed by atoms with van der Waals surface area (Å²) in [6.45, 7) is 2.42. The van der Waals surface area contributed by atoms with Crippen LogP contribution in [0, 0.1) is 10.1 Å². The Balaban J connectivity index is 1.50. The van der Waals surface area contributed by atoms with Crippen molar-refractivity contribution >= 4 is 56.1 Å². The van der Waals surface area contributed by atoms with E-state index in [4.69, 9.17) is 9.47 Å². The Bertz CT molecular complexity index is 1900. The Morgan fingerprint density at radius 2 is 1.55 bits per heavy atom. The van der Waals surface area contributed by atoms with Gasteiger partial charge in [0.1, 0.15) is 0 Å². The van der Waals surface area contributed by atoms with Gasteiger partial charge in [0.15, 0.2) is 11.5 Å². The maximum Gasteiger partial charge on any atom is 0.308 e. The van der Waals surface area contributed by atoms with Gasteiger partial charge in [-0.3, -0.25) is 24.5 Å². The number of esters is 2. The maximum atomic E-state index is 13.2. The lowest BCUT2D eigenvalue weighted by Gasteiger charge is -2.12. The molecule has 0 aromatic heterocycles. The second kappa shape index (κ2) is 13.7. The summed E-state index contributed by atoms with van der Waals surface area (Å²) >= 11 is 0. The molecule has 4 aromatic carbocycles. The van der Waals surface area contributed by atoms with Gasteiger partial charge in [-0.05, 0) is 47.9 Å². The van der Waals surface area contributed by atoms with Crippen molar-refractivity contribution in [3.05, 3.63) is 106 Å². The quantitative estimate of drug-likeness (QED) is 0.0791. The highest BCUT2D eigenvalue weighted by Crippen LogP contribution is 2.30. The number of hydrogen-bond acceptors (Lipinski definition) is 9. The predicted molar refractivity (Wildman–Crippen MR) is 163 cm³/mol. The molecule has 44 heavy (non-hydrogen) atoms. The number of non-ortho nitro benzene ring substituents is 1. The zero-order chi connectivity index (χ0) is 31.9. The molecule has 13 heteroatoms. The fourth-order valence-corrected chi connectivity index (χ4v) is 5.56. The Kier molecular flexibility index (Phi) is 9.83. The number of anilines is 1. The molecule has 2 N–H and O–H groups in total. The highest BCUT2D eigenvalue weighted by molar-refractivity contribution is 7.89. The number of amides is 1. The number of nitro groups is 1. The minimum absolute atomic E-state index is 0.00607. The van der Waals surface area contributed by atoms with Crippen molar-refractivity contribution in [1.82, 2.24) is 4.72 Å². The van der Waals surface area contributed by atoms with Gasteiger partial charge >= 0.3 is 11.9 Å². The van der Waals surface area contributed by atoms with E-state index in [2.05, 4.69) is 10.0 Å². The predicted octanol–water partition coefficient (Wildman–Crippen LogP) is 4.77. The molecular formula is C31H27N3O9S. The van der Waals surface area contributed by atoms with Gasteiger partial charge in [-0.2, -0.15) is 0 Å². The summed E-state index contributed by atoms with van der Waals surface area (Å²) in [5.74, 6) is -1.67. The smallest absolute Gasteiger partial charge is 0.308 e. The third-order valence-electron chi connectivity index (χ3n) is 6.16. The van der Waals surface area contributed by atoms with Crippen LogP contribution in [0.2, 0.25) is 0 Å². The highest BCUT2D eigenvalue weighted by Gasteiger charge is 2.18. The molecule has 0 aliphatic rings. The largest absolute Gasteiger partial charge is 0.423 e. The Labute approximate surface area is 252 Å². The highest BCUT2D eigenvalue weighted by atomic mass is 32.2. The zero-order valence-corrected chi connectivity index (χ0v) is 24.4. The molecule has 0 saturated carbocycles. The first-order valence-corrected chi connectivity index (χ1v) is 14.7. The summed E-state index contributed by atoms with van der Waals surface area (Å²) in [6.07, 6.45) is 2.95. The van der Waals surface area contributed by atoms with E-state index in [9.17, 15) is 32.9 Å². The van der Waals surface area contributed by atoms with Crippen molar-refractivity contribution in [1.29, 1.82) is 0 Å². The molecule has 0 spiro atoms. The second-order valence-corrected chi connectivity index (χ2v) is 11.2. The van der Waals surface area contributed by atoms with Crippen molar-refractivity contribution < 1.29 is 37.2 Å². The van der Waals surface area contributed by atoms with Gasteiger partial charge in [-0.15, -0.1) is 0 Å². The first-order chi connectivity index (χ1) is 20.9. The van der Waals surface area contributed by atoms with E-state index in [1.807, 2.05) is 0 Å². The molecule has 0 unspecified atom stereocenters. The average molecular weight is 618 g/mol. The molecule has 0 saturated heterocycles. The summed E-state index contributed by atoms with van der Waals surface area (Å²) in [5.41, 5.74) is 1.39. The number of rotatable bonds is 11. The molecule has 0 heterocycles. The molecule has 12 nitrogen and oxygen atoms in total. The number of nitro benzene ring substituents is 1. The summed E-state index contributed by atoms with van der Waals surface area (Å²) in [5, 5.41) is 14.6. The third-order valence-corrected chi connectivity index (χ3v) is 7.68. The average Bonchev–Trinajstić information content (AvgIpc) is 2.96. The van der Waals surface area contributed by atoms with Crippen molar-refractivity contribution in [2.45, 2.75) is 25.2 Å². The first-order valence-electron chi connectivity index (χ1n) is 13.2. The standard InChI is InChI=1S/C31H27N3O9S/c1-20(35)42-28-14-12-23(19-29(28)43-21(2)36)13-15-31(37)33-27-10-4-9-26-25(27)8-5-11-30(26)44(40,41)32-17-16-22-6-3-7-24(18-22)34(38)39/h3-15,18-19,32H,16-17H2,1-2H3,(H,33,37)/b15-13+. The minimum atomic E-state index is -3.98. The van der Waals surface area contributed by atoms with Crippen LogP contribution in [-0.2, 0) is 30.8 Å². The molecule has 4 rings (SSSR count). The van der Waals surface area contributed by atoms with Crippen molar-refractivity contribution in [2.75, 3.05) is 11.9 Å². The van der Waals surface area contributed by atoms with Crippen molar-refractivity contribution in [3.63, 3.8) is 0 Å². The van der Waals surface area contributed by atoms with Crippen LogP contribution in [0.25, 0.3) is 16.8 Å². The normalized spacial score (nSPS) is 11.3. The molecule has 0 atom stereocenters. The number of hydrogen-bond donors (Lipinski definition) is 2. The van der Waals surface area contributed by atoms with Gasteiger partial charge in [0.2, 0.25) is 15.9 Å². The molecule has 0 aliphatic heterocycles. The molecule has 0 fully saturated rings. The lowest BCUT2D eigenvalue weighted by Crippen LogP contribution is -2.26. The number of carbonyl (C=O) groups is 3. The van der Waals surface area contributed by atoms with Crippen molar-refractivity contribution in [3.8, 4) is 11.5 Å². The number of nitrogens with zero attached hydrogens (tertiary/aromatic N) is 1. The Hall–Kier alpha value is -5.40. The van der Waals surface area contributed by atoms with Crippen LogP contribution in [0.4, 0.5) is 11.4 Å². The second-order valence-electron chi connectivity index (χ2n) is 9.45. The monoisotopic (exact) mass is 617 g/mol. The van der Waals surface area contributed by atoms with E-state index >= 15 is 0 Å². The van der Waals surface area contributed by atoms with E-state index < -0.39 is 32.8 Å². The number of nitrogens with one attached hydrogen (secondary N) is 2. The third kappa shape index (κ3) is 8.12. The van der Waals surface area contributed by atoms with Crippen LogP contribution < -0.4 is 19.5 Å². The van der Waals surface area contributed by atoms with Gasteiger partial charge in [0, 0.05) is 55.1 Å². The summed E-state index contributed by atoms with van der Waals surface area (Å²) < 4.78 is 39.1. The summed E-state index contributed by atoms with van der Waals surface area (Å²) in [4.78, 5) is 46.1. The lowest BCUT2D eigenvalue weighted by atomic mass is 10.1. The molecule has 1 amide bonds. The summed E-state index contributed by atoms with van der Waals surface area (Å²) in [6, 6.07) is 20.0. The number of benzene rings is 4. The van der Waals surface area contributed by atoms with Crippen LogP contribution >= 0.6 is 0 Å². The fraction of sp³-hybridized carbons (Fsp3) is 0.129. The maximum absolute atomic E-state index is 13.2. The van der Waals surface area contributed by atoms with E-state index in [1.165, 1.54) is 56.3 Å². The zero-order valence-electron chi connectivity index (χ0n) is 23.6. The molecular weight excluding hydrogens is 590 g/mol. The van der Waals surface area contributed by atoms with Gasteiger partial charge in [-0.25, -0.2) is 13.1 Å². The minimum Gasteiger partial charge on any atom is -0.423 e. The Morgan fingerprint density at radius 3 is 2.27 bits per heavy atom. The Morgan fingerprint density at radius 1 is 0.864 bits per heavy atom. The summed E-state index contributed by atoms with van der Waals surface area (Å²) in [7, 11) is -3.98. The van der Waals surface area contributed by atoms with Gasteiger partial charge in [0.05, 0.1) is 9.82 Å². The topological polar surface area (TPSA) is 171 Å². The number of fused-ring (bicyclic) bond motifs is 1. The van der Waals surface area contributed by atoms with Crippen LogP contribution in [-0.4, -0.2) is 37.7 Å². The molecule has 0 aliphatic carbocycles. The van der Waals surface area contributed by atoms with Gasteiger partial charge in [0.25, 0.3) is 5.69 Å². The van der Waals surface area contributed by atoms with E-state index in [-0.39, 0.29) is 35.0 Å².